The molecule has 0 saturated heterocycles. The molecule has 0 heterocycles. The molecular formula is C22H10O4. The molecule has 4 heteroatoms. The second-order valence-corrected chi connectivity index (χ2v) is 6.32. The summed E-state index contributed by atoms with van der Waals surface area (Å²) in [6.45, 7) is 0. The predicted octanol–water partition coefficient (Wildman–Crippen LogP) is 2.62. The molecule has 0 aliphatic carbocycles. The number of fused-ring (bicyclic) bond motifs is 5. The van der Waals surface area contributed by atoms with Gasteiger partial charge in [-0.25, -0.2) is 0 Å². The van der Waals surface area contributed by atoms with Crippen molar-refractivity contribution in [3.05, 3.63) is 102 Å². The average Bonchev–Trinajstić information content (AvgIpc) is 2.69. The Morgan fingerprint density at radius 1 is 0.346 bits per heavy atom. The maximum atomic E-state index is 13.1. The largest absolute Gasteiger partial charge is 0.289 e. The monoisotopic (exact) mass is 338 g/mol. The van der Waals surface area contributed by atoms with Crippen molar-refractivity contribution in [1.29, 1.82) is 0 Å². The maximum absolute atomic E-state index is 13.1. The molecule has 0 aliphatic rings. The molecule has 0 aromatic heterocycles. The standard InChI is InChI=1S/C22H10O4/c23-19-11-5-1-3-7-13(11)21(25)17-15(19)9-10-16-18(17)22(26)14-8-4-2-6-12(14)20(16)24/h1-10H. The SMILES string of the molecule is O=c1c2ccccc2c(=O)c2c1ccc1c(=O)c3ccccc3c(=O)c12. The van der Waals surface area contributed by atoms with Crippen molar-refractivity contribution in [3.63, 3.8) is 0 Å². The van der Waals surface area contributed by atoms with E-state index in [1.54, 1.807) is 48.5 Å². The molecule has 0 fully saturated rings. The minimum atomic E-state index is -0.396. The molecule has 0 radical (unpaired) electrons. The fraction of sp³-hybridized carbons (Fsp3) is 0. The van der Waals surface area contributed by atoms with Crippen LogP contribution < -0.4 is 21.7 Å². The van der Waals surface area contributed by atoms with Gasteiger partial charge in [0, 0.05) is 43.1 Å². The quantitative estimate of drug-likeness (QED) is 0.321. The third-order valence-electron chi connectivity index (χ3n) is 4.98. The Labute approximate surface area is 145 Å². The maximum Gasteiger partial charge on any atom is 0.195 e. The summed E-state index contributed by atoms with van der Waals surface area (Å²) < 4.78 is 0. The lowest BCUT2D eigenvalue weighted by molar-refractivity contribution is 1.64. The Hall–Kier alpha value is -3.66. The van der Waals surface area contributed by atoms with Crippen LogP contribution in [-0.2, 0) is 0 Å². The molecule has 5 aromatic rings. The van der Waals surface area contributed by atoms with Gasteiger partial charge in [-0.05, 0) is 12.1 Å². The summed E-state index contributed by atoms with van der Waals surface area (Å²) in [6.07, 6.45) is 0. The first kappa shape index (κ1) is 14.7. The second kappa shape index (κ2) is 4.92. The summed E-state index contributed by atoms with van der Waals surface area (Å²) in [5.74, 6) is 0. The van der Waals surface area contributed by atoms with Crippen LogP contribution in [0.2, 0.25) is 0 Å². The molecular weight excluding hydrogens is 328 g/mol. The lowest BCUT2D eigenvalue weighted by atomic mass is 9.94. The molecule has 5 aromatic carbocycles. The Balaban J connectivity index is 2.25. The first-order valence-electron chi connectivity index (χ1n) is 8.13. The van der Waals surface area contributed by atoms with Gasteiger partial charge in [0.1, 0.15) is 0 Å². The minimum Gasteiger partial charge on any atom is -0.289 e. The van der Waals surface area contributed by atoms with Gasteiger partial charge >= 0.3 is 0 Å². The third kappa shape index (κ3) is 1.68. The predicted molar refractivity (Wildman–Crippen MR) is 104 cm³/mol. The summed E-state index contributed by atoms with van der Waals surface area (Å²) in [5, 5.41) is 1.59. The lowest BCUT2D eigenvalue weighted by Crippen LogP contribution is -2.19. The van der Waals surface area contributed by atoms with E-state index in [4.69, 9.17) is 0 Å². The molecule has 4 nitrogen and oxygen atoms in total. The van der Waals surface area contributed by atoms with E-state index in [-0.39, 0.29) is 43.2 Å². The van der Waals surface area contributed by atoms with Crippen LogP contribution in [-0.4, -0.2) is 0 Å². The van der Waals surface area contributed by atoms with E-state index >= 15 is 0 Å². The molecule has 26 heavy (non-hydrogen) atoms. The number of hydrogen-bond donors (Lipinski definition) is 0. The summed E-state index contributed by atoms with van der Waals surface area (Å²) >= 11 is 0. The molecule has 122 valence electrons. The van der Waals surface area contributed by atoms with Crippen LogP contribution in [0.15, 0.2) is 79.8 Å². The third-order valence-corrected chi connectivity index (χ3v) is 4.98. The van der Waals surface area contributed by atoms with E-state index in [9.17, 15) is 19.2 Å². The van der Waals surface area contributed by atoms with Crippen molar-refractivity contribution in [2.75, 3.05) is 0 Å². The van der Waals surface area contributed by atoms with Crippen LogP contribution in [0.1, 0.15) is 0 Å². The topological polar surface area (TPSA) is 68.3 Å². The van der Waals surface area contributed by atoms with Crippen molar-refractivity contribution in [1.82, 2.24) is 0 Å². The van der Waals surface area contributed by atoms with Crippen molar-refractivity contribution >= 4 is 43.1 Å². The smallest absolute Gasteiger partial charge is 0.195 e. The van der Waals surface area contributed by atoms with Gasteiger partial charge in [-0.3, -0.25) is 19.2 Å². The van der Waals surface area contributed by atoms with Crippen molar-refractivity contribution in [3.8, 4) is 0 Å². The first-order valence-corrected chi connectivity index (χ1v) is 8.13. The van der Waals surface area contributed by atoms with Crippen LogP contribution in [0.4, 0.5) is 0 Å². The Morgan fingerprint density at radius 3 is 1.00 bits per heavy atom. The summed E-state index contributed by atoms with van der Waals surface area (Å²) in [4.78, 5) is 51.8. The van der Waals surface area contributed by atoms with Gasteiger partial charge in [0.05, 0.1) is 0 Å². The van der Waals surface area contributed by atoms with Crippen LogP contribution in [0.25, 0.3) is 43.1 Å². The number of hydrogen-bond acceptors (Lipinski definition) is 4. The second-order valence-electron chi connectivity index (χ2n) is 6.32. The average molecular weight is 338 g/mol. The van der Waals surface area contributed by atoms with Crippen molar-refractivity contribution < 1.29 is 0 Å². The van der Waals surface area contributed by atoms with Gasteiger partial charge in [-0.2, -0.15) is 0 Å². The highest BCUT2D eigenvalue weighted by Crippen LogP contribution is 2.21. The van der Waals surface area contributed by atoms with E-state index in [0.717, 1.165) is 0 Å². The van der Waals surface area contributed by atoms with Crippen molar-refractivity contribution in [2.45, 2.75) is 0 Å². The summed E-state index contributed by atoms with van der Waals surface area (Å²) in [5.41, 5.74) is -1.41. The Morgan fingerprint density at radius 2 is 0.654 bits per heavy atom. The van der Waals surface area contributed by atoms with E-state index in [2.05, 4.69) is 0 Å². The summed E-state index contributed by atoms with van der Waals surface area (Å²) in [6, 6.07) is 16.0. The highest BCUT2D eigenvalue weighted by atomic mass is 16.1. The fourth-order valence-corrected chi connectivity index (χ4v) is 3.77. The Kier molecular flexibility index (Phi) is 2.78. The molecule has 0 aliphatic heterocycles. The zero-order valence-electron chi connectivity index (χ0n) is 13.4. The van der Waals surface area contributed by atoms with Gasteiger partial charge in [0.25, 0.3) is 0 Å². The molecule has 5 rings (SSSR count). The normalized spacial score (nSPS) is 11.7. The molecule has 0 N–H and O–H groups in total. The molecule has 0 bridgehead atoms. The number of benzene rings is 5. The van der Waals surface area contributed by atoms with Gasteiger partial charge < -0.3 is 0 Å². The van der Waals surface area contributed by atoms with Crippen LogP contribution in [0, 0.1) is 0 Å². The zero-order valence-corrected chi connectivity index (χ0v) is 13.4. The summed E-state index contributed by atoms with van der Waals surface area (Å²) in [7, 11) is 0. The van der Waals surface area contributed by atoms with Crippen LogP contribution >= 0.6 is 0 Å². The molecule has 0 amide bonds. The van der Waals surface area contributed by atoms with Crippen LogP contribution in [0.3, 0.4) is 0 Å². The van der Waals surface area contributed by atoms with Crippen molar-refractivity contribution in [2.24, 2.45) is 0 Å². The fourth-order valence-electron chi connectivity index (χ4n) is 3.77. The molecule has 0 unspecified atom stereocenters. The van der Waals surface area contributed by atoms with E-state index in [0.29, 0.717) is 10.8 Å². The zero-order chi connectivity index (χ0) is 18.0. The molecule has 0 saturated carbocycles. The molecule has 0 atom stereocenters. The Bertz CT molecular complexity index is 1480. The highest BCUT2D eigenvalue weighted by Gasteiger charge is 2.18. The van der Waals surface area contributed by atoms with E-state index in [1.165, 1.54) is 12.1 Å². The van der Waals surface area contributed by atoms with E-state index in [1.807, 2.05) is 0 Å². The van der Waals surface area contributed by atoms with E-state index < -0.39 is 10.9 Å². The first-order chi connectivity index (χ1) is 12.6. The van der Waals surface area contributed by atoms with Gasteiger partial charge in [0.15, 0.2) is 21.7 Å². The molecule has 0 spiro atoms. The van der Waals surface area contributed by atoms with Gasteiger partial charge in [-0.15, -0.1) is 0 Å². The van der Waals surface area contributed by atoms with Gasteiger partial charge in [0.2, 0.25) is 0 Å². The van der Waals surface area contributed by atoms with Crippen LogP contribution in [0.5, 0.6) is 0 Å². The number of rotatable bonds is 0. The van der Waals surface area contributed by atoms with Gasteiger partial charge in [-0.1, -0.05) is 48.5 Å². The highest BCUT2D eigenvalue weighted by molar-refractivity contribution is 6.14. The lowest BCUT2D eigenvalue weighted by Gasteiger charge is -2.05. The minimum absolute atomic E-state index is 0.0408.